The van der Waals surface area contributed by atoms with Crippen molar-refractivity contribution in [3.63, 3.8) is 0 Å². The summed E-state index contributed by atoms with van der Waals surface area (Å²) >= 11 is 5.21. The smallest absolute Gasteiger partial charge is 0.276 e. The largest absolute Gasteiger partial charge is 0.496 e. The SMILES string of the molecule is COc1ccccc1/C=C1/NC(=S)N(C2CC2)C1=O. The summed E-state index contributed by atoms with van der Waals surface area (Å²) in [5, 5.41) is 3.50. The summed E-state index contributed by atoms with van der Waals surface area (Å²) in [6, 6.07) is 7.86. The Morgan fingerprint density at radius 1 is 1.42 bits per heavy atom. The van der Waals surface area contributed by atoms with E-state index >= 15 is 0 Å². The first-order valence-corrected chi connectivity index (χ1v) is 6.61. The van der Waals surface area contributed by atoms with Crippen LogP contribution in [0, 0.1) is 0 Å². The number of para-hydroxylation sites is 1. The van der Waals surface area contributed by atoms with Gasteiger partial charge < -0.3 is 10.1 Å². The van der Waals surface area contributed by atoms with Crippen LogP contribution in [0.4, 0.5) is 0 Å². The third-order valence-electron chi connectivity index (χ3n) is 3.26. The molecule has 1 aromatic rings. The van der Waals surface area contributed by atoms with Gasteiger partial charge in [-0.05, 0) is 37.2 Å². The van der Waals surface area contributed by atoms with E-state index in [0.29, 0.717) is 10.8 Å². The van der Waals surface area contributed by atoms with Crippen molar-refractivity contribution in [3.05, 3.63) is 35.5 Å². The number of amides is 1. The quantitative estimate of drug-likeness (QED) is 0.675. The van der Waals surface area contributed by atoms with E-state index in [1.54, 1.807) is 18.1 Å². The van der Waals surface area contributed by atoms with Crippen molar-refractivity contribution in [2.45, 2.75) is 18.9 Å². The van der Waals surface area contributed by atoms with Crippen molar-refractivity contribution >= 4 is 29.3 Å². The van der Waals surface area contributed by atoms with Gasteiger partial charge in [0, 0.05) is 11.6 Å². The van der Waals surface area contributed by atoms with E-state index < -0.39 is 0 Å². The second kappa shape index (κ2) is 4.66. The lowest BCUT2D eigenvalue weighted by atomic mass is 10.1. The molecular weight excluding hydrogens is 260 g/mol. The fourth-order valence-electron chi connectivity index (χ4n) is 2.15. The standard InChI is InChI=1S/C14H14N2O2S/c1-18-12-5-3-2-4-9(12)8-11-13(17)16(10-6-7-10)14(19)15-11/h2-5,8,10H,6-7H2,1H3,(H,15,19)/b11-8+. The van der Waals surface area contributed by atoms with Crippen LogP contribution in [0.5, 0.6) is 5.75 Å². The minimum Gasteiger partial charge on any atom is -0.496 e. The number of hydrogen-bond donors (Lipinski definition) is 1. The van der Waals surface area contributed by atoms with Crippen molar-refractivity contribution in [1.29, 1.82) is 0 Å². The topological polar surface area (TPSA) is 41.6 Å². The molecule has 0 bridgehead atoms. The average molecular weight is 274 g/mol. The maximum atomic E-state index is 12.3. The predicted octanol–water partition coefficient (Wildman–Crippen LogP) is 1.92. The summed E-state index contributed by atoms with van der Waals surface area (Å²) in [5.41, 5.74) is 1.38. The van der Waals surface area contributed by atoms with Crippen LogP contribution in [0.1, 0.15) is 18.4 Å². The average Bonchev–Trinajstić information content (AvgIpc) is 3.19. The zero-order chi connectivity index (χ0) is 13.4. The molecule has 1 heterocycles. The number of benzene rings is 1. The summed E-state index contributed by atoms with van der Waals surface area (Å²) < 4.78 is 5.27. The lowest BCUT2D eigenvalue weighted by Crippen LogP contribution is -2.32. The third-order valence-corrected chi connectivity index (χ3v) is 3.56. The highest BCUT2D eigenvalue weighted by Gasteiger charge is 2.41. The molecule has 0 spiro atoms. The molecule has 0 aromatic heterocycles. The zero-order valence-corrected chi connectivity index (χ0v) is 11.4. The molecule has 3 rings (SSSR count). The Labute approximate surface area is 117 Å². The highest BCUT2D eigenvalue weighted by atomic mass is 32.1. The number of nitrogens with zero attached hydrogens (tertiary/aromatic N) is 1. The summed E-state index contributed by atoms with van der Waals surface area (Å²) in [6.07, 6.45) is 3.86. The minimum absolute atomic E-state index is 0.0431. The first kappa shape index (κ1) is 12.2. The van der Waals surface area contributed by atoms with E-state index in [2.05, 4.69) is 5.32 Å². The highest BCUT2D eigenvalue weighted by molar-refractivity contribution is 7.80. The molecule has 2 aliphatic rings. The maximum Gasteiger partial charge on any atom is 0.276 e. The van der Waals surface area contributed by atoms with Crippen LogP contribution < -0.4 is 10.1 Å². The number of hydrogen-bond acceptors (Lipinski definition) is 3. The van der Waals surface area contributed by atoms with Crippen LogP contribution in [-0.4, -0.2) is 29.1 Å². The Morgan fingerprint density at radius 2 is 2.16 bits per heavy atom. The van der Waals surface area contributed by atoms with Gasteiger partial charge in [-0.2, -0.15) is 0 Å². The third kappa shape index (κ3) is 2.21. The van der Waals surface area contributed by atoms with E-state index in [4.69, 9.17) is 17.0 Å². The minimum atomic E-state index is -0.0431. The Kier molecular flexibility index (Phi) is 2.98. The molecule has 1 saturated heterocycles. The molecule has 4 nitrogen and oxygen atoms in total. The summed E-state index contributed by atoms with van der Waals surface area (Å²) in [5.74, 6) is 0.693. The van der Waals surface area contributed by atoms with Crippen LogP contribution in [0.2, 0.25) is 0 Å². The van der Waals surface area contributed by atoms with Gasteiger partial charge in [0.05, 0.1) is 7.11 Å². The molecule has 0 unspecified atom stereocenters. The Balaban J connectivity index is 1.92. The lowest BCUT2D eigenvalue weighted by Gasteiger charge is -2.11. The second-order valence-corrected chi connectivity index (χ2v) is 5.02. The van der Waals surface area contributed by atoms with E-state index in [1.807, 2.05) is 24.3 Å². The second-order valence-electron chi connectivity index (χ2n) is 4.64. The van der Waals surface area contributed by atoms with E-state index in [9.17, 15) is 4.79 Å². The molecule has 5 heteroatoms. The van der Waals surface area contributed by atoms with Gasteiger partial charge in [0.1, 0.15) is 11.4 Å². The fourth-order valence-corrected chi connectivity index (χ4v) is 2.50. The summed E-state index contributed by atoms with van der Waals surface area (Å²) in [6.45, 7) is 0. The van der Waals surface area contributed by atoms with E-state index in [-0.39, 0.29) is 11.9 Å². The van der Waals surface area contributed by atoms with E-state index in [0.717, 1.165) is 24.2 Å². The van der Waals surface area contributed by atoms with Crippen LogP contribution in [-0.2, 0) is 4.79 Å². The molecule has 98 valence electrons. The molecule has 1 aromatic carbocycles. The lowest BCUT2D eigenvalue weighted by molar-refractivity contribution is -0.122. The molecule has 1 N–H and O–H groups in total. The van der Waals surface area contributed by atoms with E-state index in [1.165, 1.54) is 0 Å². The van der Waals surface area contributed by atoms with Crippen LogP contribution in [0.15, 0.2) is 30.0 Å². The van der Waals surface area contributed by atoms with Crippen molar-refractivity contribution in [1.82, 2.24) is 10.2 Å². The highest BCUT2D eigenvalue weighted by Crippen LogP contribution is 2.31. The first-order valence-electron chi connectivity index (χ1n) is 6.20. The normalized spacial score (nSPS) is 20.9. The van der Waals surface area contributed by atoms with Crippen LogP contribution in [0.3, 0.4) is 0 Å². The van der Waals surface area contributed by atoms with Gasteiger partial charge >= 0.3 is 0 Å². The van der Waals surface area contributed by atoms with Gasteiger partial charge in [0.25, 0.3) is 5.91 Å². The van der Waals surface area contributed by atoms with Crippen molar-refractivity contribution < 1.29 is 9.53 Å². The maximum absolute atomic E-state index is 12.3. The molecule has 0 atom stereocenters. The monoisotopic (exact) mass is 274 g/mol. The van der Waals surface area contributed by atoms with Crippen LogP contribution in [0.25, 0.3) is 6.08 Å². The number of rotatable bonds is 3. The number of carbonyl (C=O) groups excluding carboxylic acids is 1. The number of methoxy groups -OCH3 is 1. The van der Waals surface area contributed by atoms with Gasteiger partial charge in [-0.3, -0.25) is 9.69 Å². The fraction of sp³-hybridized carbons (Fsp3) is 0.286. The molecule has 1 amide bonds. The molecular formula is C14H14N2O2S. The Morgan fingerprint density at radius 3 is 2.84 bits per heavy atom. The number of thiocarbonyl (C=S) groups is 1. The molecule has 2 fully saturated rings. The predicted molar refractivity (Wildman–Crippen MR) is 76.6 cm³/mol. The molecule has 0 radical (unpaired) electrons. The van der Waals surface area contributed by atoms with Crippen LogP contribution >= 0.6 is 12.2 Å². The molecule has 1 saturated carbocycles. The molecule has 1 aliphatic carbocycles. The van der Waals surface area contributed by atoms with Crippen molar-refractivity contribution in [3.8, 4) is 5.75 Å². The van der Waals surface area contributed by atoms with Gasteiger partial charge in [-0.15, -0.1) is 0 Å². The molecule has 19 heavy (non-hydrogen) atoms. The van der Waals surface area contributed by atoms with Gasteiger partial charge in [0.2, 0.25) is 0 Å². The zero-order valence-electron chi connectivity index (χ0n) is 10.6. The number of carbonyl (C=O) groups is 1. The van der Waals surface area contributed by atoms with Gasteiger partial charge in [0.15, 0.2) is 5.11 Å². The van der Waals surface area contributed by atoms with Crippen molar-refractivity contribution in [2.75, 3.05) is 7.11 Å². The number of ether oxygens (including phenoxy) is 1. The Bertz CT molecular complexity index is 579. The summed E-state index contributed by atoms with van der Waals surface area (Å²) in [7, 11) is 1.61. The van der Waals surface area contributed by atoms with Gasteiger partial charge in [-0.25, -0.2) is 0 Å². The number of nitrogens with one attached hydrogen (secondary N) is 1. The van der Waals surface area contributed by atoms with Gasteiger partial charge in [-0.1, -0.05) is 18.2 Å². The Hall–Kier alpha value is -1.88. The summed E-state index contributed by atoms with van der Waals surface area (Å²) in [4.78, 5) is 13.9. The first-order chi connectivity index (χ1) is 9.20. The molecule has 1 aliphatic heterocycles. The van der Waals surface area contributed by atoms with Crippen molar-refractivity contribution in [2.24, 2.45) is 0 Å².